The van der Waals surface area contributed by atoms with E-state index in [0.29, 0.717) is 19.0 Å². The number of urea groups is 1. The molecule has 2 fully saturated rings. The Kier molecular flexibility index (Phi) is 4.52. The number of hydrogen-bond acceptors (Lipinski definition) is 3. The van der Waals surface area contributed by atoms with Gasteiger partial charge in [0.25, 0.3) is 0 Å². The number of nitrogens with zero attached hydrogens (tertiary/aromatic N) is 2. The summed E-state index contributed by atoms with van der Waals surface area (Å²) in [6, 6.07) is 0.0517. The minimum atomic E-state index is -0.976. The quantitative estimate of drug-likeness (QED) is 0.800. The molecule has 0 spiro atoms. The maximum Gasteiger partial charge on any atom is 0.329 e. The fourth-order valence-corrected chi connectivity index (χ4v) is 2.75. The Hall–Kier alpha value is -1.30. The van der Waals surface area contributed by atoms with Gasteiger partial charge in [-0.25, -0.2) is 9.59 Å². The summed E-state index contributed by atoms with van der Waals surface area (Å²) in [5.41, 5.74) is -0.510. The fourth-order valence-electron chi connectivity index (χ4n) is 2.75. The Labute approximate surface area is 119 Å². The van der Waals surface area contributed by atoms with Crippen LogP contribution in [0.5, 0.6) is 0 Å². The van der Waals surface area contributed by atoms with Crippen LogP contribution in [0.4, 0.5) is 4.79 Å². The second-order valence-corrected chi connectivity index (χ2v) is 6.11. The fraction of sp³-hybridized carbons (Fsp3) is 0.857. The maximum absolute atomic E-state index is 12.3. The summed E-state index contributed by atoms with van der Waals surface area (Å²) < 4.78 is 5.32. The first-order chi connectivity index (χ1) is 9.43. The van der Waals surface area contributed by atoms with Gasteiger partial charge in [0.1, 0.15) is 12.2 Å². The predicted molar refractivity (Wildman–Crippen MR) is 73.5 cm³/mol. The van der Waals surface area contributed by atoms with Gasteiger partial charge >= 0.3 is 12.0 Å². The molecule has 1 saturated heterocycles. The molecule has 0 aromatic heterocycles. The summed E-state index contributed by atoms with van der Waals surface area (Å²) in [5.74, 6) is -0.314. The van der Waals surface area contributed by atoms with Gasteiger partial charge in [-0.15, -0.1) is 0 Å². The Morgan fingerprint density at radius 3 is 2.50 bits per heavy atom. The number of rotatable bonds is 6. The number of likely N-dealkylation sites (tertiary alicyclic amines) is 1. The lowest BCUT2D eigenvalue weighted by Crippen LogP contribution is -2.65. The number of aliphatic carboxylic acids is 1. The molecule has 6 heteroatoms. The van der Waals surface area contributed by atoms with E-state index >= 15 is 0 Å². The van der Waals surface area contributed by atoms with E-state index in [1.54, 1.807) is 4.90 Å². The molecule has 0 unspecified atom stereocenters. The zero-order valence-corrected chi connectivity index (χ0v) is 12.3. The molecule has 0 bridgehead atoms. The molecular weight excluding hydrogens is 260 g/mol. The molecule has 1 saturated carbocycles. The Morgan fingerprint density at radius 2 is 2.05 bits per heavy atom. The van der Waals surface area contributed by atoms with Crippen LogP contribution < -0.4 is 0 Å². The first kappa shape index (κ1) is 15.1. The number of carboxylic acids is 1. The van der Waals surface area contributed by atoms with E-state index in [-0.39, 0.29) is 12.6 Å². The summed E-state index contributed by atoms with van der Waals surface area (Å²) in [6.07, 6.45) is 3.73. The molecule has 0 atom stereocenters. The number of amides is 2. The van der Waals surface area contributed by atoms with Gasteiger partial charge < -0.3 is 19.6 Å². The zero-order chi connectivity index (χ0) is 14.8. The smallest absolute Gasteiger partial charge is 0.329 e. The normalized spacial score (nSPS) is 21.0. The van der Waals surface area contributed by atoms with Crippen LogP contribution >= 0.6 is 0 Å². The van der Waals surface area contributed by atoms with E-state index in [0.717, 1.165) is 13.1 Å². The van der Waals surface area contributed by atoms with E-state index in [4.69, 9.17) is 9.84 Å². The van der Waals surface area contributed by atoms with Crippen molar-refractivity contribution in [2.75, 3.05) is 32.8 Å². The summed E-state index contributed by atoms with van der Waals surface area (Å²) in [5, 5.41) is 8.62. The zero-order valence-electron chi connectivity index (χ0n) is 12.3. The highest BCUT2D eigenvalue weighted by atomic mass is 16.5. The van der Waals surface area contributed by atoms with E-state index in [1.165, 1.54) is 19.3 Å². The van der Waals surface area contributed by atoms with Gasteiger partial charge in [-0.05, 0) is 32.6 Å². The van der Waals surface area contributed by atoms with E-state index in [2.05, 4.69) is 0 Å². The van der Waals surface area contributed by atoms with Crippen LogP contribution in [-0.4, -0.2) is 65.3 Å². The molecule has 20 heavy (non-hydrogen) atoms. The first-order valence-electron chi connectivity index (χ1n) is 7.33. The lowest BCUT2D eigenvalue weighted by Gasteiger charge is -2.49. The molecule has 1 aliphatic carbocycles. The maximum atomic E-state index is 12.3. The number of carbonyl (C=O) groups is 2. The van der Waals surface area contributed by atoms with Crippen LogP contribution in [0.2, 0.25) is 0 Å². The summed E-state index contributed by atoms with van der Waals surface area (Å²) in [7, 11) is 0. The van der Waals surface area contributed by atoms with Crippen LogP contribution in [-0.2, 0) is 9.53 Å². The highest BCUT2D eigenvalue weighted by Crippen LogP contribution is 2.29. The molecule has 114 valence electrons. The lowest BCUT2D eigenvalue weighted by molar-refractivity contribution is -0.160. The standard InChI is InChI=1S/C14H24N2O4/c1-3-15(7-11-5-4-6-11)13(19)16-9-14(2,10-16)20-8-12(17)18/h11H,3-10H2,1-2H3,(H,17,18). The molecule has 0 radical (unpaired) electrons. The lowest BCUT2D eigenvalue weighted by atomic mass is 9.85. The average Bonchev–Trinajstić information content (AvgIpc) is 2.31. The van der Waals surface area contributed by atoms with Crippen molar-refractivity contribution in [3.63, 3.8) is 0 Å². The molecule has 0 aromatic carbocycles. The van der Waals surface area contributed by atoms with Crippen LogP contribution in [0.3, 0.4) is 0 Å². The molecule has 2 aliphatic rings. The summed E-state index contributed by atoms with van der Waals surface area (Å²) >= 11 is 0. The topological polar surface area (TPSA) is 70.1 Å². The molecule has 1 N–H and O–H groups in total. The van der Waals surface area contributed by atoms with Gasteiger partial charge in [0.2, 0.25) is 0 Å². The number of hydrogen-bond donors (Lipinski definition) is 1. The van der Waals surface area contributed by atoms with Gasteiger partial charge in [-0.1, -0.05) is 6.42 Å². The number of carbonyl (C=O) groups excluding carboxylic acids is 1. The first-order valence-corrected chi connectivity index (χ1v) is 7.33. The van der Waals surface area contributed by atoms with Gasteiger partial charge in [-0.2, -0.15) is 0 Å². The monoisotopic (exact) mass is 284 g/mol. The van der Waals surface area contributed by atoms with Crippen LogP contribution in [0.25, 0.3) is 0 Å². The van der Waals surface area contributed by atoms with Crippen molar-refractivity contribution in [2.45, 2.75) is 38.7 Å². The minimum Gasteiger partial charge on any atom is -0.480 e. The number of carboxylic acid groups (broad SMARTS) is 1. The van der Waals surface area contributed by atoms with E-state index < -0.39 is 11.6 Å². The molecule has 1 aliphatic heterocycles. The van der Waals surface area contributed by atoms with Gasteiger partial charge in [0.15, 0.2) is 0 Å². The van der Waals surface area contributed by atoms with Gasteiger partial charge in [-0.3, -0.25) is 0 Å². The van der Waals surface area contributed by atoms with Gasteiger partial charge in [0, 0.05) is 13.1 Å². The van der Waals surface area contributed by atoms with Crippen molar-refractivity contribution in [1.82, 2.24) is 9.80 Å². The average molecular weight is 284 g/mol. The van der Waals surface area contributed by atoms with E-state index in [9.17, 15) is 9.59 Å². The molecule has 2 amide bonds. The third-order valence-electron chi connectivity index (χ3n) is 4.22. The molecule has 2 rings (SSSR count). The third-order valence-corrected chi connectivity index (χ3v) is 4.22. The molecular formula is C14H24N2O4. The summed E-state index contributed by atoms with van der Waals surface area (Å²) in [6.45, 7) is 6.05. The SMILES string of the molecule is CCN(CC1CCC1)C(=O)N1CC(C)(OCC(=O)O)C1. The highest BCUT2D eigenvalue weighted by molar-refractivity contribution is 5.75. The van der Waals surface area contributed by atoms with E-state index in [1.807, 2.05) is 18.7 Å². The third kappa shape index (κ3) is 3.42. The molecule has 6 nitrogen and oxygen atoms in total. The van der Waals surface area contributed by atoms with Crippen molar-refractivity contribution >= 4 is 12.0 Å². The second kappa shape index (κ2) is 5.99. The van der Waals surface area contributed by atoms with Crippen molar-refractivity contribution < 1.29 is 19.4 Å². The summed E-state index contributed by atoms with van der Waals surface area (Å²) in [4.78, 5) is 26.5. The van der Waals surface area contributed by atoms with Crippen molar-refractivity contribution in [3.05, 3.63) is 0 Å². The van der Waals surface area contributed by atoms with Crippen LogP contribution in [0, 0.1) is 5.92 Å². The highest BCUT2D eigenvalue weighted by Gasteiger charge is 2.44. The Balaban J connectivity index is 1.77. The van der Waals surface area contributed by atoms with Crippen molar-refractivity contribution in [1.29, 1.82) is 0 Å². The number of ether oxygens (including phenoxy) is 1. The largest absolute Gasteiger partial charge is 0.480 e. The predicted octanol–water partition coefficient (Wildman–Crippen LogP) is 1.40. The molecule has 0 aromatic rings. The van der Waals surface area contributed by atoms with Crippen LogP contribution in [0.15, 0.2) is 0 Å². The van der Waals surface area contributed by atoms with Crippen LogP contribution in [0.1, 0.15) is 33.1 Å². The molecule has 1 heterocycles. The second-order valence-electron chi connectivity index (χ2n) is 6.11. The Morgan fingerprint density at radius 1 is 1.40 bits per heavy atom. The minimum absolute atomic E-state index is 0.0517. The Bertz CT molecular complexity index is 375. The van der Waals surface area contributed by atoms with Crippen molar-refractivity contribution in [3.8, 4) is 0 Å². The van der Waals surface area contributed by atoms with Crippen molar-refractivity contribution in [2.24, 2.45) is 5.92 Å². The van der Waals surface area contributed by atoms with Gasteiger partial charge in [0.05, 0.1) is 13.1 Å².